The predicted molar refractivity (Wildman–Crippen MR) is 82.2 cm³/mol. The van der Waals surface area contributed by atoms with Gasteiger partial charge in [-0.15, -0.1) is 0 Å². The van der Waals surface area contributed by atoms with Gasteiger partial charge in [-0.2, -0.15) is 11.8 Å². The van der Waals surface area contributed by atoms with Crippen molar-refractivity contribution in [1.82, 2.24) is 9.62 Å². The fraction of sp³-hybridized carbons (Fsp3) is 0.769. The van der Waals surface area contributed by atoms with Crippen LogP contribution in [0.15, 0.2) is 12.2 Å². The quantitative estimate of drug-likeness (QED) is 0.763. The third-order valence-corrected chi connectivity index (χ3v) is 6.48. The molecule has 0 saturated carbocycles. The molecule has 1 atom stereocenters. The molecule has 2 rings (SSSR count). The van der Waals surface area contributed by atoms with Crippen molar-refractivity contribution >= 4 is 27.7 Å². The first-order valence-electron chi connectivity index (χ1n) is 7.08. The summed E-state index contributed by atoms with van der Waals surface area (Å²) in [6.07, 6.45) is 6.67. The minimum absolute atomic E-state index is 0.00592. The van der Waals surface area contributed by atoms with E-state index in [1.807, 2.05) is 6.08 Å². The largest absolute Gasteiger partial charge is 0.355 e. The highest BCUT2D eigenvalue weighted by Crippen LogP contribution is 2.18. The number of rotatable bonds is 5. The maximum absolute atomic E-state index is 12.1. The lowest BCUT2D eigenvalue weighted by Gasteiger charge is -2.25. The standard InChI is InChI=1S/C13H22N2O3S2/c16-13(12-4-2-1-3-5-12)14-6-11-20(17,18)15-7-9-19-10-8-15/h1-2,12H,3-11H2,(H,14,16). The molecule has 0 aromatic rings. The molecule has 114 valence electrons. The van der Waals surface area contributed by atoms with Crippen LogP contribution < -0.4 is 5.32 Å². The van der Waals surface area contributed by atoms with Gasteiger partial charge in [-0.1, -0.05) is 12.2 Å². The van der Waals surface area contributed by atoms with Gasteiger partial charge in [0.15, 0.2) is 0 Å². The molecule has 1 unspecified atom stereocenters. The number of carbonyl (C=O) groups is 1. The van der Waals surface area contributed by atoms with E-state index in [0.717, 1.165) is 30.8 Å². The average Bonchev–Trinajstić information content (AvgIpc) is 2.49. The van der Waals surface area contributed by atoms with Crippen LogP contribution in [-0.4, -0.2) is 55.5 Å². The SMILES string of the molecule is O=C(NCCS(=O)(=O)N1CCSCC1)C1CC=CCC1. The van der Waals surface area contributed by atoms with Crippen molar-refractivity contribution in [3.05, 3.63) is 12.2 Å². The second-order valence-electron chi connectivity index (χ2n) is 5.10. The zero-order valence-electron chi connectivity index (χ0n) is 11.6. The van der Waals surface area contributed by atoms with E-state index >= 15 is 0 Å². The second kappa shape index (κ2) is 7.47. The molecule has 0 radical (unpaired) electrons. The van der Waals surface area contributed by atoms with Gasteiger partial charge in [-0.25, -0.2) is 12.7 Å². The third kappa shape index (κ3) is 4.49. The highest BCUT2D eigenvalue weighted by molar-refractivity contribution is 7.99. The zero-order valence-corrected chi connectivity index (χ0v) is 13.2. The van der Waals surface area contributed by atoms with Gasteiger partial charge in [0.2, 0.25) is 15.9 Å². The van der Waals surface area contributed by atoms with Crippen LogP contribution in [0.4, 0.5) is 0 Å². The Kier molecular flexibility index (Phi) is 5.92. The zero-order chi connectivity index (χ0) is 14.4. The van der Waals surface area contributed by atoms with E-state index in [0.29, 0.717) is 13.1 Å². The molecule has 1 saturated heterocycles. The molecule has 1 heterocycles. The first kappa shape index (κ1) is 15.9. The number of sulfonamides is 1. The first-order valence-corrected chi connectivity index (χ1v) is 9.84. The van der Waals surface area contributed by atoms with Gasteiger partial charge in [-0.3, -0.25) is 4.79 Å². The Balaban J connectivity index is 1.74. The van der Waals surface area contributed by atoms with Crippen molar-refractivity contribution in [2.45, 2.75) is 19.3 Å². The summed E-state index contributed by atoms with van der Waals surface area (Å²) in [7, 11) is -3.22. The maximum Gasteiger partial charge on any atom is 0.223 e. The van der Waals surface area contributed by atoms with Crippen LogP contribution in [-0.2, 0) is 14.8 Å². The van der Waals surface area contributed by atoms with E-state index in [9.17, 15) is 13.2 Å². The van der Waals surface area contributed by atoms with E-state index in [-0.39, 0.29) is 24.1 Å². The van der Waals surface area contributed by atoms with E-state index in [1.165, 1.54) is 0 Å². The van der Waals surface area contributed by atoms with E-state index in [1.54, 1.807) is 16.1 Å². The van der Waals surface area contributed by atoms with Crippen LogP contribution in [0.2, 0.25) is 0 Å². The lowest BCUT2D eigenvalue weighted by Crippen LogP contribution is -2.42. The Morgan fingerprint density at radius 1 is 1.30 bits per heavy atom. The number of hydrogen-bond donors (Lipinski definition) is 1. The molecule has 0 spiro atoms. The number of amides is 1. The van der Waals surface area contributed by atoms with Crippen molar-refractivity contribution in [2.75, 3.05) is 36.9 Å². The van der Waals surface area contributed by atoms with Crippen molar-refractivity contribution < 1.29 is 13.2 Å². The summed E-state index contributed by atoms with van der Waals surface area (Å²) in [5, 5.41) is 2.76. The van der Waals surface area contributed by atoms with Gasteiger partial charge in [0.1, 0.15) is 0 Å². The third-order valence-electron chi connectivity index (χ3n) is 3.66. The van der Waals surface area contributed by atoms with Gasteiger partial charge in [0, 0.05) is 37.1 Å². The molecule has 1 aliphatic carbocycles. The number of allylic oxidation sites excluding steroid dienone is 2. The molecule has 1 amide bonds. The fourth-order valence-corrected chi connectivity index (χ4v) is 4.92. The minimum Gasteiger partial charge on any atom is -0.355 e. The van der Waals surface area contributed by atoms with Gasteiger partial charge < -0.3 is 5.32 Å². The lowest BCUT2D eigenvalue weighted by atomic mass is 9.94. The number of nitrogens with zero attached hydrogens (tertiary/aromatic N) is 1. The van der Waals surface area contributed by atoms with Crippen molar-refractivity contribution in [3.8, 4) is 0 Å². The van der Waals surface area contributed by atoms with Crippen LogP contribution in [0.25, 0.3) is 0 Å². The summed E-state index contributed by atoms with van der Waals surface area (Å²) in [5.74, 6) is 1.72. The Morgan fingerprint density at radius 3 is 2.70 bits per heavy atom. The van der Waals surface area contributed by atoms with Crippen LogP contribution >= 0.6 is 11.8 Å². The number of hydrogen-bond acceptors (Lipinski definition) is 4. The van der Waals surface area contributed by atoms with E-state index in [4.69, 9.17) is 0 Å². The van der Waals surface area contributed by atoms with Crippen LogP contribution in [0, 0.1) is 5.92 Å². The molecule has 1 aliphatic heterocycles. The average molecular weight is 318 g/mol. The number of nitrogens with one attached hydrogen (secondary N) is 1. The summed E-state index contributed by atoms with van der Waals surface area (Å²) in [6.45, 7) is 1.40. The topological polar surface area (TPSA) is 66.5 Å². The molecular weight excluding hydrogens is 296 g/mol. The molecule has 0 aromatic carbocycles. The minimum atomic E-state index is -3.22. The summed E-state index contributed by atoms with van der Waals surface area (Å²) >= 11 is 1.78. The normalized spacial score (nSPS) is 24.5. The Morgan fingerprint density at radius 2 is 2.05 bits per heavy atom. The monoisotopic (exact) mass is 318 g/mol. The molecule has 5 nitrogen and oxygen atoms in total. The van der Waals surface area contributed by atoms with Crippen molar-refractivity contribution in [1.29, 1.82) is 0 Å². The highest BCUT2D eigenvalue weighted by atomic mass is 32.2. The molecule has 7 heteroatoms. The molecule has 1 fully saturated rings. The fourth-order valence-electron chi connectivity index (χ4n) is 2.43. The summed E-state index contributed by atoms with van der Waals surface area (Å²) in [4.78, 5) is 11.9. The van der Waals surface area contributed by atoms with Gasteiger partial charge >= 0.3 is 0 Å². The molecule has 2 aliphatic rings. The smallest absolute Gasteiger partial charge is 0.223 e. The summed E-state index contributed by atoms with van der Waals surface area (Å²) in [6, 6.07) is 0. The van der Waals surface area contributed by atoms with Crippen LogP contribution in [0.1, 0.15) is 19.3 Å². The number of carbonyl (C=O) groups excluding carboxylic acids is 1. The Bertz CT molecular complexity index is 456. The van der Waals surface area contributed by atoms with Crippen molar-refractivity contribution in [3.63, 3.8) is 0 Å². The summed E-state index contributed by atoms with van der Waals surface area (Å²) in [5.41, 5.74) is 0. The molecule has 20 heavy (non-hydrogen) atoms. The maximum atomic E-state index is 12.1. The van der Waals surface area contributed by atoms with Gasteiger partial charge in [0.05, 0.1) is 5.75 Å². The molecular formula is C13H22N2O3S2. The van der Waals surface area contributed by atoms with E-state index < -0.39 is 10.0 Å². The summed E-state index contributed by atoms with van der Waals surface area (Å²) < 4.78 is 25.7. The van der Waals surface area contributed by atoms with Crippen LogP contribution in [0.3, 0.4) is 0 Å². The van der Waals surface area contributed by atoms with Crippen molar-refractivity contribution in [2.24, 2.45) is 5.92 Å². The number of thioether (sulfide) groups is 1. The molecule has 0 bridgehead atoms. The van der Waals surface area contributed by atoms with Gasteiger partial charge in [0.25, 0.3) is 0 Å². The molecule has 1 N–H and O–H groups in total. The predicted octanol–water partition coefficient (Wildman–Crippen LogP) is 0.838. The molecule has 0 aromatic heterocycles. The lowest BCUT2D eigenvalue weighted by molar-refractivity contribution is -0.125. The highest BCUT2D eigenvalue weighted by Gasteiger charge is 2.24. The first-order chi connectivity index (χ1) is 9.59. The Hall–Kier alpha value is -0.530. The van der Waals surface area contributed by atoms with Crippen LogP contribution in [0.5, 0.6) is 0 Å². The second-order valence-corrected chi connectivity index (χ2v) is 8.41. The van der Waals surface area contributed by atoms with Gasteiger partial charge in [-0.05, 0) is 19.3 Å². The van der Waals surface area contributed by atoms with E-state index in [2.05, 4.69) is 11.4 Å². The Labute approximate surface area is 125 Å².